The highest BCUT2D eigenvalue weighted by Gasteiger charge is 2.02. The predicted octanol–water partition coefficient (Wildman–Crippen LogP) is 3.21. The largest absolute Gasteiger partial charge is 0.363 e. The van der Waals surface area contributed by atoms with E-state index in [-0.39, 0.29) is 0 Å². The minimum Gasteiger partial charge on any atom is -0.363 e. The molecule has 0 saturated carbocycles. The van der Waals surface area contributed by atoms with Gasteiger partial charge in [-0.2, -0.15) is 0 Å². The lowest BCUT2D eigenvalue weighted by molar-refractivity contribution is 0.976. The number of halogens is 2. The summed E-state index contributed by atoms with van der Waals surface area (Å²) in [6, 6.07) is 1.79. The van der Waals surface area contributed by atoms with Crippen LogP contribution in [0.5, 0.6) is 0 Å². The molecule has 0 aromatic carbocycles. The summed E-state index contributed by atoms with van der Waals surface area (Å²) in [6.45, 7) is 2.44. The Morgan fingerprint density at radius 2 is 2.06 bits per heavy atom. The van der Waals surface area contributed by atoms with Crippen LogP contribution in [-0.2, 0) is 6.54 Å². The third-order valence-electron chi connectivity index (χ3n) is 2.08. The Morgan fingerprint density at radius 1 is 1.24 bits per heavy atom. The van der Waals surface area contributed by atoms with Crippen molar-refractivity contribution in [1.29, 1.82) is 0 Å². The number of rotatable bonds is 3. The fraction of sp³-hybridized carbons (Fsp3) is 0.182. The van der Waals surface area contributed by atoms with Gasteiger partial charge in [0.1, 0.15) is 5.82 Å². The van der Waals surface area contributed by atoms with Crippen molar-refractivity contribution in [1.82, 2.24) is 15.0 Å². The number of anilines is 1. The van der Waals surface area contributed by atoms with Crippen LogP contribution in [0.1, 0.15) is 11.4 Å². The van der Waals surface area contributed by atoms with Crippen LogP contribution in [0.25, 0.3) is 0 Å². The Morgan fingerprint density at radius 3 is 2.71 bits per heavy atom. The molecule has 0 amide bonds. The molecule has 2 heterocycles. The number of nitrogens with one attached hydrogen (secondary N) is 1. The summed E-state index contributed by atoms with van der Waals surface area (Å²) >= 11 is 9.33. The molecule has 0 bridgehead atoms. The van der Waals surface area contributed by atoms with E-state index in [0.717, 1.165) is 15.9 Å². The van der Waals surface area contributed by atoms with Crippen LogP contribution < -0.4 is 5.32 Å². The molecule has 6 heteroatoms. The summed E-state index contributed by atoms with van der Waals surface area (Å²) in [5, 5.41) is 3.68. The lowest BCUT2D eigenvalue weighted by atomic mass is 10.4. The third-order valence-corrected chi connectivity index (χ3v) is 2.80. The van der Waals surface area contributed by atoms with E-state index in [9.17, 15) is 0 Å². The van der Waals surface area contributed by atoms with E-state index < -0.39 is 0 Å². The van der Waals surface area contributed by atoms with Crippen molar-refractivity contribution in [3.8, 4) is 0 Å². The first kappa shape index (κ1) is 12.3. The van der Waals surface area contributed by atoms with Crippen molar-refractivity contribution in [2.24, 2.45) is 0 Å². The van der Waals surface area contributed by atoms with E-state index in [1.807, 2.05) is 6.92 Å². The highest BCUT2D eigenvalue weighted by molar-refractivity contribution is 9.10. The van der Waals surface area contributed by atoms with Gasteiger partial charge in [-0.3, -0.25) is 9.97 Å². The number of nitrogens with zero attached hydrogens (tertiary/aromatic N) is 3. The lowest BCUT2D eigenvalue weighted by Crippen LogP contribution is -2.04. The quantitative estimate of drug-likeness (QED) is 0.945. The maximum atomic E-state index is 6.03. The highest BCUT2D eigenvalue weighted by Crippen LogP contribution is 2.22. The molecule has 2 aromatic rings. The molecule has 0 unspecified atom stereocenters. The Balaban J connectivity index is 2.04. The summed E-state index contributed by atoms with van der Waals surface area (Å²) in [7, 11) is 0. The topological polar surface area (TPSA) is 50.7 Å². The second kappa shape index (κ2) is 5.42. The lowest BCUT2D eigenvalue weighted by Gasteiger charge is -2.06. The molecule has 0 aliphatic heterocycles. The van der Waals surface area contributed by atoms with Gasteiger partial charge in [0, 0.05) is 16.9 Å². The molecule has 0 saturated heterocycles. The Hall–Kier alpha value is -1.20. The molecule has 88 valence electrons. The average Bonchev–Trinajstić information content (AvgIpc) is 2.30. The maximum Gasteiger partial charge on any atom is 0.145 e. The van der Waals surface area contributed by atoms with Crippen LogP contribution in [-0.4, -0.2) is 15.0 Å². The Labute approximate surface area is 113 Å². The average molecular weight is 314 g/mol. The number of pyridine rings is 1. The molecule has 2 aromatic heterocycles. The van der Waals surface area contributed by atoms with Crippen molar-refractivity contribution in [3.63, 3.8) is 0 Å². The van der Waals surface area contributed by atoms with E-state index in [4.69, 9.17) is 11.6 Å². The second-order valence-electron chi connectivity index (χ2n) is 3.49. The monoisotopic (exact) mass is 312 g/mol. The summed E-state index contributed by atoms with van der Waals surface area (Å²) in [4.78, 5) is 12.6. The van der Waals surface area contributed by atoms with Crippen molar-refractivity contribution in [2.45, 2.75) is 13.5 Å². The Kier molecular flexibility index (Phi) is 3.91. The molecular formula is C11H10BrClN4. The smallest absolute Gasteiger partial charge is 0.145 e. The van der Waals surface area contributed by atoms with Gasteiger partial charge in [0.05, 0.1) is 29.2 Å². The van der Waals surface area contributed by atoms with Crippen LogP contribution in [0.3, 0.4) is 0 Å². The third kappa shape index (κ3) is 3.38. The van der Waals surface area contributed by atoms with Crippen molar-refractivity contribution >= 4 is 33.3 Å². The SMILES string of the molecule is Cc1cnc(CNc2ncc(Br)cc2Cl)cn1. The van der Waals surface area contributed by atoms with Gasteiger partial charge >= 0.3 is 0 Å². The van der Waals surface area contributed by atoms with E-state index >= 15 is 0 Å². The van der Waals surface area contributed by atoms with Crippen LogP contribution in [0.4, 0.5) is 5.82 Å². The summed E-state index contributed by atoms with van der Waals surface area (Å²) in [5.41, 5.74) is 1.74. The zero-order valence-electron chi connectivity index (χ0n) is 9.11. The van der Waals surface area contributed by atoms with Gasteiger partial charge in [0.2, 0.25) is 0 Å². The number of hydrogen-bond donors (Lipinski definition) is 1. The maximum absolute atomic E-state index is 6.03. The van der Waals surface area contributed by atoms with Gasteiger partial charge in [-0.15, -0.1) is 0 Å². The molecule has 0 aliphatic carbocycles. The molecule has 0 radical (unpaired) electrons. The van der Waals surface area contributed by atoms with Crippen LogP contribution in [0.15, 0.2) is 29.1 Å². The second-order valence-corrected chi connectivity index (χ2v) is 4.81. The van der Waals surface area contributed by atoms with Crippen LogP contribution in [0, 0.1) is 6.92 Å². The van der Waals surface area contributed by atoms with E-state index in [2.05, 4.69) is 36.2 Å². The van der Waals surface area contributed by atoms with Gasteiger partial charge in [-0.1, -0.05) is 11.6 Å². The minimum atomic E-state index is 0.543. The van der Waals surface area contributed by atoms with Gasteiger partial charge in [0.15, 0.2) is 0 Å². The molecule has 0 fully saturated rings. The van der Waals surface area contributed by atoms with Gasteiger partial charge in [-0.25, -0.2) is 4.98 Å². The van der Waals surface area contributed by atoms with E-state index in [0.29, 0.717) is 17.4 Å². The van der Waals surface area contributed by atoms with Crippen LogP contribution in [0.2, 0.25) is 5.02 Å². The first-order chi connectivity index (χ1) is 8.15. The van der Waals surface area contributed by atoms with Crippen molar-refractivity contribution < 1.29 is 0 Å². The van der Waals surface area contributed by atoms with Crippen LogP contribution >= 0.6 is 27.5 Å². The highest BCUT2D eigenvalue weighted by atomic mass is 79.9. The number of aryl methyl sites for hydroxylation is 1. The normalized spacial score (nSPS) is 10.3. The summed E-state index contributed by atoms with van der Waals surface area (Å²) in [6.07, 6.45) is 5.15. The van der Waals surface area contributed by atoms with Gasteiger partial charge in [0.25, 0.3) is 0 Å². The molecule has 17 heavy (non-hydrogen) atoms. The summed E-state index contributed by atoms with van der Waals surface area (Å²) in [5.74, 6) is 0.636. The molecule has 0 spiro atoms. The first-order valence-electron chi connectivity index (χ1n) is 4.97. The summed E-state index contributed by atoms with van der Waals surface area (Å²) < 4.78 is 0.850. The molecule has 0 atom stereocenters. The zero-order valence-corrected chi connectivity index (χ0v) is 11.5. The predicted molar refractivity (Wildman–Crippen MR) is 71.0 cm³/mol. The standard InChI is InChI=1S/C11H10BrClN4/c1-7-3-15-9(5-14-7)6-17-11-10(13)2-8(12)4-16-11/h2-5H,6H2,1H3,(H,16,17). The zero-order chi connectivity index (χ0) is 12.3. The molecule has 2 rings (SSSR count). The Bertz CT molecular complexity index is 515. The van der Waals surface area contributed by atoms with Gasteiger partial charge < -0.3 is 5.32 Å². The van der Waals surface area contributed by atoms with E-state index in [1.165, 1.54) is 0 Å². The fourth-order valence-electron chi connectivity index (χ4n) is 1.23. The first-order valence-corrected chi connectivity index (χ1v) is 6.14. The molecular weight excluding hydrogens is 304 g/mol. The molecule has 1 N–H and O–H groups in total. The van der Waals surface area contributed by atoms with Crippen molar-refractivity contribution in [2.75, 3.05) is 5.32 Å². The molecule has 4 nitrogen and oxygen atoms in total. The fourth-order valence-corrected chi connectivity index (χ4v) is 1.93. The minimum absolute atomic E-state index is 0.543. The number of hydrogen-bond acceptors (Lipinski definition) is 4. The number of aromatic nitrogens is 3. The van der Waals surface area contributed by atoms with Gasteiger partial charge in [-0.05, 0) is 28.9 Å². The molecule has 0 aliphatic rings. The van der Waals surface area contributed by atoms with E-state index in [1.54, 1.807) is 24.7 Å². The van der Waals surface area contributed by atoms with Crippen molar-refractivity contribution in [3.05, 3.63) is 45.5 Å².